The lowest BCUT2D eigenvalue weighted by molar-refractivity contribution is 0.0391. The van der Waals surface area contributed by atoms with Gasteiger partial charge in [0.05, 0.1) is 16.7 Å². The highest BCUT2D eigenvalue weighted by Gasteiger charge is 2.26. The summed E-state index contributed by atoms with van der Waals surface area (Å²) in [6.45, 7) is 1.94. The van der Waals surface area contributed by atoms with Crippen LogP contribution in [0.4, 0.5) is 0 Å². The number of carboxylic acids is 1. The molecule has 0 spiro atoms. The first-order valence-corrected chi connectivity index (χ1v) is 9.29. The maximum Gasteiger partial charge on any atom is 0.347 e. The summed E-state index contributed by atoms with van der Waals surface area (Å²) < 4.78 is 5.05. The van der Waals surface area contributed by atoms with Crippen LogP contribution in [0, 0.1) is 0 Å². The van der Waals surface area contributed by atoms with E-state index >= 15 is 0 Å². The maximum absolute atomic E-state index is 12.9. The summed E-state index contributed by atoms with van der Waals surface area (Å²) in [5.41, 5.74) is 2.12. The molecule has 29 heavy (non-hydrogen) atoms. The molecule has 3 aromatic carbocycles. The summed E-state index contributed by atoms with van der Waals surface area (Å²) in [4.78, 5) is 37.1. The number of hydrogen-bond acceptors (Lipinski definition) is 4. The number of aromatic carboxylic acids is 1. The molecule has 0 heterocycles. The molecule has 0 unspecified atom stereocenters. The molecular weight excluding hydrogens is 368 g/mol. The zero-order valence-corrected chi connectivity index (χ0v) is 15.9. The number of carboxylic acid groups (broad SMARTS) is 1. The van der Waals surface area contributed by atoms with Crippen LogP contribution < -0.4 is 0 Å². The van der Waals surface area contributed by atoms with Gasteiger partial charge in [0, 0.05) is 0 Å². The third-order valence-electron chi connectivity index (χ3n) is 4.53. The number of carbonyl (C=O) groups excluding carboxylic acids is 2. The molecule has 0 aliphatic carbocycles. The Morgan fingerprint density at radius 3 is 2.03 bits per heavy atom. The minimum atomic E-state index is -1.25. The van der Waals surface area contributed by atoms with Crippen molar-refractivity contribution >= 4 is 17.9 Å². The predicted octanol–water partition coefficient (Wildman–Crippen LogP) is 5.00. The van der Waals surface area contributed by atoms with Crippen LogP contribution in [0.2, 0.25) is 0 Å². The molecule has 0 aliphatic heterocycles. The van der Waals surface area contributed by atoms with Crippen molar-refractivity contribution in [3.05, 3.63) is 95.1 Å². The van der Waals surface area contributed by atoms with Gasteiger partial charge in [0.25, 0.3) is 0 Å². The fourth-order valence-corrected chi connectivity index (χ4v) is 3.23. The molecule has 1 N–H and O–H groups in total. The van der Waals surface area contributed by atoms with Crippen LogP contribution in [0.15, 0.2) is 72.8 Å². The maximum atomic E-state index is 12.9. The lowest BCUT2D eigenvalue weighted by Crippen LogP contribution is -2.19. The standard InChI is InChI=1S/C24H20O5/c1-2-9-19-18(16-10-5-3-6-11-16)14-15-20(22(25)26)21(19)24(28)29-23(27)17-12-7-4-8-13-17/h3-8,10-15H,2,9H2,1H3,(H,25,26). The smallest absolute Gasteiger partial charge is 0.347 e. The van der Waals surface area contributed by atoms with E-state index in [-0.39, 0.29) is 16.7 Å². The fraction of sp³-hybridized carbons (Fsp3) is 0.125. The molecule has 0 aromatic heterocycles. The Hall–Kier alpha value is -3.73. The molecule has 146 valence electrons. The molecule has 0 radical (unpaired) electrons. The van der Waals surface area contributed by atoms with E-state index in [1.54, 1.807) is 24.3 Å². The van der Waals surface area contributed by atoms with Gasteiger partial charge < -0.3 is 9.84 Å². The Labute approximate surface area is 168 Å². The highest BCUT2D eigenvalue weighted by molar-refractivity contribution is 6.09. The zero-order chi connectivity index (χ0) is 20.8. The van der Waals surface area contributed by atoms with Gasteiger partial charge in [-0.05, 0) is 41.3 Å². The predicted molar refractivity (Wildman–Crippen MR) is 109 cm³/mol. The van der Waals surface area contributed by atoms with E-state index in [1.165, 1.54) is 18.2 Å². The number of ether oxygens (including phenoxy) is 1. The van der Waals surface area contributed by atoms with Gasteiger partial charge in [-0.1, -0.05) is 67.9 Å². The van der Waals surface area contributed by atoms with Crippen molar-refractivity contribution in [3.63, 3.8) is 0 Å². The molecule has 0 bridgehead atoms. The molecule has 0 saturated carbocycles. The minimum absolute atomic E-state index is 0.0787. The van der Waals surface area contributed by atoms with Gasteiger partial charge in [-0.15, -0.1) is 0 Å². The van der Waals surface area contributed by atoms with E-state index in [2.05, 4.69) is 0 Å². The Balaban J connectivity index is 2.10. The van der Waals surface area contributed by atoms with Crippen LogP contribution in [0.1, 0.15) is 50.0 Å². The Kier molecular flexibility index (Phi) is 6.19. The second-order valence-corrected chi connectivity index (χ2v) is 6.48. The molecule has 3 aromatic rings. The first kappa shape index (κ1) is 20.0. The van der Waals surface area contributed by atoms with Gasteiger partial charge in [0.1, 0.15) is 0 Å². The normalized spacial score (nSPS) is 10.4. The van der Waals surface area contributed by atoms with Crippen molar-refractivity contribution in [2.45, 2.75) is 19.8 Å². The van der Waals surface area contributed by atoms with Crippen LogP contribution in [0.5, 0.6) is 0 Å². The van der Waals surface area contributed by atoms with Crippen LogP contribution in [0.25, 0.3) is 11.1 Å². The lowest BCUT2D eigenvalue weighted by atomic mass is 9.89. The Bertz CT molecular complexity index is 1040. The van der Waals surface area contributed by atoms with Crippen molar-refractivity contribution in [2.75, 3.05) is 0 Å². The second-order valence-electron chi connectivity index (χ2n) is 6.48. The van der Waals surface area contributed by atoms with E-state index in [4.69, 9.17) is 4.74 Å². The average Bonchev–Trinajstić information content (AvgIpc) is 2.74. The SMILES string of the molecule is CCCc1c(-c2ccccc2)ccc(C(=O)O)c1C(=O)OC(=O)c1ccccc1. The van der Waals surface area contributed by atoms with Crippen LogP contribution >= 0.6 is 0 Å². The van der Waals surface area contributed by atoms with Gasteiger partial charge in [0.2, 0.25) is 0 Å². The zero-order valence-electron chi connectivity index (χ0n) is 15.9. The average molecular weight is 388 g/mol. The van der Waals surface area contributed by atoms with Crippen molar-refractivity contribution in [1.29, 1.82) is 0 Å². The first-order chi connectivity index (χ1) is 14.0. The van der Waals surface area contributed by atoms with Gasteiger partial charge in [0.15, 0.2) is 0 Å². The van der Waals surface area contributed by atoms with Gasteiger partial charge in [-0.2, -0.15) is 0 Å². The molecular formula is C24H20O5. The van der Waals surface area contributed by atoms with Crippen LogP contribution in [-0.2, 0) is 11.2 Å². The Morgan fingerprint density at radius 1 is 0.828 bits per heavy atom. The quantitative estimate of drug-likeness (QED) is 0.475. The van der Waals surface area contributed by atoms with Crippen molar-refractivity contribution in [2.24, 2.45) is 0 Å². The summed E-state index contributed by atoms with van der Waals surface area (Å²) in [7, 11) is 0. The van der Waals surface area contributed by atoms with Crippen molar-refractivity contribution in [3.8, 4) is 11.1 Å². The highest BCUT2D eigenvalue weighted by Crippen LogP contribution is 2.30. The molecule has 0 saturated heterocycles. The second kappa shape index (κ2) is 8.97. The summed E-state index contributed by atoms with van der Waals surface area (Å²) in [6, 6.07) is 20.6. The van der Waals surface area contributed by atoms with Gasteiger partial charge >= 0.3 is 17.9 Å². The van der Waals surface area contributed by atoms with E-state index in [0.29, 0.717) is 18.4 Å². The summed E-state index contributed by atoms with van der Waals surface area (Å²) in [5.74, 6) is -3.03. The van der Waals surface area contributed by atoms with Gasteiger partial charge in [-0.25, -0.2) is 14.4 Å². The minimum Gasteiger partial charge on any atom is -0.478 e. The molecule has 5 nitrogen and oxygen atoms in total. The number of esters is 2. The summed E-state index contributed by atoms with van der Waals surface area (Å²) >= 11 is 0. The first-order valence-electron chi connectivity index (χ1n) is 9.29. The molecule has 3 rings (SSSR count). The number of hydrogen-bond donors (Lipinski definition) is 1. The largest absolute Gasteiger partial charge is 0.478 e. The molecule has 0 atom stereocenters. The third kappa shape index (κ3) is 4.41. The molecule has 5 heteroatoms. The number of rotatable bonds is 6. The van der Waals surface area contributed by atoms with Gasteiger partial charge in [-0.3, -0.25) is 0 Å². The molecule has 0 aliphatic rings. The highest BCUT2D eigenvalue weighted by atomic mass is 16.6. The van der Waals surface area contributed by atoms with E-state index in [1.807, 2.05) is 37.3 Å². The summed E-state index contributed by atoms with van der Waals surface area (Å²) in [6.07, 6.45) is 1.16. The monoisotopic (exact) mass is 388 g/mol. The van der Waals surface area contributed by atoms with E-state index in [9.17, 15) is 19.5 Å². The van der Waals surface area contributed by atoms with Crippen molar-refractivity contribution < 1.29 is 24.2 Å². The Morgan fingerprint density at radius 2 is 1.45 bits per heavy atom. The lowest BCUT2D eigenvalue weighted by Gasteiger charge is -2.16. The van der Waals surface area contributed by atoms with Crippen LogP contribution in [-0.4, -0.2) is 23.0 Å². The van der Waals surface area contributed by atoms with E-state index < -0.39 is 17.9 Å². The van der Waals surface area contributed by atoms with Crippen LogP contribution in [0.3, 0.4) is 0 Å². The van der Waals surface area contributed by atoms with E-state index in [0.717, 1.165) is 11.1 Å². The topological polar surface area (TPSA) is 80.7 Å². The molecule has 0 fully saturated rings. The molecule has 0 amide bonds. The number of benzene rings is 3. The summed E-state index contributed by atoms with van der Waals surface area (Å²) in [5, 5.41) is 9.63. The van der Waals surface area contributed by atoms with Crippen molar-refractivity contribution in [1.82, 2.24) is 0 Å². The fourth-order valence-electron chi connectivity index (χ4n) is 3.23. The third-order valence-corrected chi connectivity index (χ3v) is 4.53. The number of carbonyl (C=O) groups is 3.